The first kappa shape index (κ1) is 25.2. The number of benzene rings is 2. The molecule has 184 valence electrons. The minimum absolute atomic E-state index is 0.0291. The highest BCUT2D eigenvalue weighted by atomic mass is 19.4. The molecule has 2 aliphatic rings. The number of anilines is 3. The van der Waals surface area contributed by atoms with Gasteiger partial charge in [-0.25, -0.2) is 0 Å². The molecule has 0 radical (unpaired) electrons. The summed E-state index contributed by atoms with van der Waals surface area (Å²) in [4.78, 5) is 23.0. The zero-order valence-corrected chi connectivity index (χ0v) is 17.8. The number of Topliss-reactive ketones (excluding diaryl/α,β-unsaturated/α-hetero) is 1. The summed E-state index contributed by atoms with van der Waals surface area (Å²) in [6.07, 6.45) is -8.59. The van der Waals surface area contributed by atoms with Crippen LogP contribution in [0.2, 0.25) is 0 Å². The molecule has 2 aromatic carbocycles. The average Bonchev–Trinajstić information content (AvgIpc) is 2.76. The molecule has 0 spiro atoms. The predicted molar refractivity (Wildman–Crippen MR) is 114 cm³/mol. The van der Waals surface area contributed by atoms with Crippen molar-refractivity contribution >= 4 is 28.8 Å². The van der Waals surface area contributed by atoms with E-state index >= 15 is 0 Å². The first-order valence-corrected chi connectivity index (χ1v) is 10.2. The monoisotopic (exact) mass is 488 g/mol. The smallest absolute Gasteiger partial charge is 0.399 e. The Hall–Kier alpha value is -3.44. The Bertz CT molecular complexity index is 999. The second kappa shape index (κ2) is 9.43. The van der Waals surface area contributed by atoms with Gasteiger partial charge < -0.3 is 21.7 Å². The maximum absolute atomic E-state index is 12.3. The van der Waals surface area contributed by atoms with E-state index in [1.165, 1.54) is 0 Å². The zero-order valence-electron chi connectivity index (χ0n) is 17.8. The van der Waals surface area contributed by atoms with E-state index in [9.17, 15) is 35.9 Å². The molecule has 0 aliphatic carbocycles. The molecular weight excluding hydrogens is 466 g/mol. The van der Waals surface area contributed by atoms with Crippen LogP contribution in [0.5, 0.6) is 0 Å². The number of carbonyl (C=O) groups is 2. The highest BCUT2D eigenvalue weighted by Crippen LogP contribution is 2.30. The molecule has 0 saturated carbocycles. The molecule has 6 nitrogen and oxygen atoms in total. The number of hydrogen-bond acceptors (Lipinski definition) is 5. The van der Waals surface area contributed by atoms with Gasteiger partial charge in [0.2, 0.25) is 0 Å². The van der Waals surface area contributed by atoms with Crippen molar-refractivity contribution in [2.24, 2.45) is 0 Å². The van der Waals surface area contributed by atoms with Crippen molar-refractivity contribution in [2.75, 3.05) is 23.3 Å². The molecule has 2 aromatic rings. The highest BCUT2D eigenvalue weighted by Gasteiger charge is 2.44. The van der Waals surface area contributed by atoms with Gasteiger partial charge in [-0.2, -0.15) is 26.3 Å². The summed E-state index contributed by atoms with van der Waals surface area (Å²) in [6.45, 7) is 0.0635. The molecule has 5 N–H and O–H groups in total. The Kier molecular flexibility index (Phi) is 6.99. The highest BCUT2D eigenvalue weighted by molar-refractivity contribution is 5.92. The summed E-state index contributed by atoms with van der Waals surface area (Å²) in [5.41, 5.74) is 15.1. The third-order valence-corrected chi connectivity index (χ3v) is 5.53. The minimum Gasteiger partial charge on any atom is -0.399 e. The van der Waals surface area contributed by atoms with Gasteiger partial charge in [0.25, 0.3) is 5.78 Å². The third kappa shape index (κ3) is 5.91. The van der Waals surface area contributed by atoms with Gasteiger partial charge in [-0.3, -0.25) is 9.59 Å². The fraction of sp³-hybridized carbons (Fsp3) is 0.364. The summed E-state index contributed by atoms with van der Waals surface area (Å²) in [7, 11) is 0. The zero-order chi connectivity index (χ0) is 25.3. The fourth-order valence-electron chi connectivity index (χ4n) is 3.83. The van der Waals surface area contributed by atoms with Crippen LogP contribution in [-0.4, -0.2) is 41.5 Å². The average molecular weight is 488 g/mol. The second-order valence-electron chi connectivity index (χ2n) is 8.02. The van der Waals surface area contributed by atoms with Crippen LogP contribution in [0, 0.1) is 0 Å². The van der Waals surface area contributed by atoms with Crippen LogP contribution in [0.15, 0.2) is 36.4 Å². The number of hydrogen-bond donors (Lipinski definition) is 3. The molecule has 1 unspecified atom stereocenters. The van der Waals surface area contributed by atoms with Crippen molar-refractivity contribution in [1.29, 1.82) is 0 Å². The summed E-state index contributed by atoms with van der Waals surface area (Å²) in [6, 6.07) is 8.90. The maximum Gasteiger partial charge on any atom is 0.471 e. The molecule has 0 saturated heterocycles. The summed E-state index contributed by atoms with van der Waals surface area (Å²) < 4.78 is 73.6. The number of nitrogen functional groups attached to an aromatic ring is 2. The number of nitrogens with one attached hydrogen (secondary N) is 1. The van der Waals surface area contributed by atoms with Gasteiger partial charge in [0.1, 0.15) is 0 Å². The van der Waals surface area contributed by atoms with E-state index < -0.39 is 30.1 Å². The normalized spacial score (nSPS) is 17.5. The Morgan fingerprint density at radius 1 is 0.853 bits per heavy atom. The number of ketones is 1. The van der Waals surface area contributed by atoms with Gasteiger partial charge in [0.15, 0.2) is 0 Å². The fourth-order valence-corrected chi connectivity index (χ4v) is 3.83. The van der Waals surface area contributed by atoms with E-state index in [-0.39, 0.29) is 19.5 Å². The van der Waals surface area contributed by atoms with Crippen molar-refractivity contribution in [3.63, 3.8) is 0 Å². The Morgan fingerprint density at radius 2 is 1.47 bits per heavy atom. The van der Waals surface area contributed by atoms with Crippen LogP contribution in [0.4, 0.5) is 43.4 Å². The van der Waals surface area contributed by atoms with Crippen molar-refractivity contribution in [3.05, 3.63) is 53.1 Å². The van der Waals surface area contributed by atoms with Crippen molar-refractivity contribution in [3.8, 4) is 0 Å². The van der Waals surface area contributed by atoms with E-state index in [4.69, 9.17) is 11.5 Å². The van der Waals surface area contributed by atoms with E-state index in [1.54, 1.807) is 36.4 Å². The van der Waals surface area contributed by atoms with E-state index in [0.29, 0.717) is 35.5 Å². The van der Waals surface area contributed by atoms with Crippen LogP contribution in [0.1, 0.15) is 23.1 Å². The van der Waals surface area contributed by atoms with E-state index in [0.717, 1.165) is 16.0 Å². The number of halogens is 6. The van der Waals surface area contributed by atoms with Crippen LogP contribution in [-0.2, 0) is 29.0 Å². The second-order valence-corrected chi connectivity index (χ2v) is 8.02. The lowest BCUT2D eigenvalue weighted by Gasteiger charge is -2.29. The van der Waals surface area contributed by atoms with Crippen molar-refractivity contribution < 1.29 is 35.9 Å². The molecule has 2 heterocycles. The number of nitrogens with zero attached hydrogens (tertiary/aromatic N) is 1. The lowest BCUT2D eigenvalue weighted by molar-refractivity contribution is -0.186. The van der Waals surface area contributed by atoms with Gasteiger partial charge in [-0.05, 0) is 60.2 Å². The molecular formula is C22H22F6N4O2. The molecule has 12 heteroatoms. The maximum atomic E-state index is 12.3. The number of carbonyl (C=O) groups excluding carboxylic acids is 2. The van der Waals surface area contributed by atoms with E-state index in [1.807, 2.05) is 0 Å². The molecule has 1 atom stereocenters. The van der Waals surface area contributed by atoms with Crippen molar-refractivity contribution in [1.82, 2.24) is 4.90 Å². The number of alkyl halides is 6. The Morgan fingerprint density at radius 3 is 2.09 bits per heavy atom. The van der Waals surface area contributed by atoms with Gasteiger partial charge >= 0.3 is 18.3 Å². The van der Waals surface area contributed by atoms with Gasteiger partial charge in [0, 0.05) is 30.2 Å². The van der Waals surface area contributed by atoms with Gasteiger partial charge in [0.05, 0.1) is 6.04 Å². The summed E-state index contributed by atoms with van der Waals surface area (Å²) in [5, 5.41) is 2.59. The third-order valence-electron chi connectivity index (χ3n) is 5.53. The predicted octanol–water partition coefficient (Wildman–Crippen LogP) is 3.84. The molecule has 2 aliphatic heterocycles. The first-order valence-electron chi connectivity index (χ1n) is 10.2. The van der Waals surface area contributed by atoms with Crippen LogP contribution in [0.3, 0.4) is 0 Å². The first-order chi connectivity index (χ1) is 15.8. The van der Waals surface area contributed by atoms with Crippen LogP contribution >= 0.6 is 0 Å². The number of fused-ring (bicyclic) bond motifs is 2. The summed E-state index contributed by atoms with van der Waals surface area (Å²) >= 11 is 0. The topological polar surface area (TPSA) is 101 Å². The summed E-state index contributed by atoms with van der Waals surface area (Å²) in [5.74, 6) is -3.52. The van der Waals surface area contributed by atoms with Gasteiger partial charge in [-0.1, -0.05) is 12.1 Å². The lowest BCUT2D eigenvalue weighted by atomic mass is 9.95. The molecule has 34 heavy (non-hydrogen) atoms. The van der Waals surface area contributed by atoms with E-state index in [2.05, 4.69) is 5.32 Å². The number of rotatable bonds is 1. The number of aryl methyl sites for hydroxylation is 1. The largest absolute Gasteiger partial charge is 0.471 e. The Balaban J connectivity index is 0.000000191. The van der Waals surface area contributed by atoms with Crippen LogP contribution < -0.4 is 16.8 Å². The lowest BCUT2D eigenvalue weighted by Crippen LogP contribution is -2.43. The van der Waals surface area contributed by atoms with Gasteiger partial charge in [-0.15, -0.1) is 0 Å². The number of amides is 1. The Labute approximate surface area is 190 Å². The van der Waals surface area contributed by atoms with Crippen molar-refractivity contribution in [2.45, 2.75) is 44.2 Å². The minimum atomic E-state index is -4.81. The quantitative estimate of drug-likeness (QED) is 0.418. The van der Waals surface area contributed by atoms with Crippen LogP contribution in [0.25, 0.3) is 0 Å². The molecule has 1 amide bonds. The number of nitrogens with two attached hydrogens (primary N) is 2. The molecule has 0 aromatic heterocycles. The molecule has 0 bridgehead atoms. The molecule has 0 fully saturated rings. The molecule has 4 rings (SSSR count). The standard InChI is InChI=1S/2C11H11F3N2O/c12-11(13,14)10(17)8-4-2-6-1-3-7(15)5-9(6)16-8;12-11(13,14)10(17)16-4-3-7-1-2-9(15)5-8(7)6-16/h1,3,5,8,16H,2,4,15H2;1-2,5H,3-4,6,15H2. The SMILES string of the molecule is Nc1ccc2c(c1)CN(C(=O)C(F)(F)F)CC2.Nc1ccc2c(c1)NC(C(=O)C(F)(F)F)CC2.